The predicted molar refractivity (Wildman–Crippen MR) is 39.4 cm³/mol. The van der Waals surface area contributed by atoms with Crippen LogP contribution >= 0.6 is 0 Å². The fraction of sp³-hybridized carbons (Fsp3) is 0.833. The Kier molecular flexibility index (Phi) is 2.32. The zero-order valence-electron chi connectivity index (χ0n) is 6.21. The normalized spacial score (nSPS) is 19.4. The van der Waals surface area contributed by atoms with E-state index in [1.165, 1.54) is 4.81 Å². The lowest BCUT2D eigenvalue weighted by Crippen LogP contribution is -2.44. The van der Waals surface area contributed by atoms with Crippen molar-refractivity contribution >= 4 is 13.0 Å². The second kappa shape index (κ2) is 3.06. The summed E-state index contributed by atoms with van der Waals surface area (Å²) in [5.41, 5.74) is 0. The van der Waals surface area contributed by atoms with Crippen LogP contribution in [0.25, 0.3) is 0 Å². The summed E-state index contributed by atoms with van der Waals surface area (Å²) in [6.45, 7) is 2.35. The SMILES string of the molecule is CB(O)N1CCCCC1=O. The zero-order chi connectivity index (χ0) is 7.56. The van der Waals surface area contributed by atoms with Gasteiger partial charge in [-0.3, -0.25) is 4.79 Å². The van der Waals surface area contributed by atoms with E-state index in [0.29, 0.717) is 6.42 Å². The van der Waals surface area contributed by atoms with E-state index >= 15 is 0 Å². The summed E-state index contributed by atoms with van der Waals surface area (Å²) in [5, 5.41) is 9.05. The maximum Gasteiger partial charge on any atom is 0.411 e. The highest BCUT2D eigenvalue weighted by Crippen LogP contribution is 2.10. The van der Waals surface area contributed by atoms with Crippen LogP contribution in [0.2, 0.25) is 6.82 Å². The van der Waals surface area contributed by atoms with Crippen LogP contribution in [0, 0.1) is 0 Å². The van der Waals surface area contributed by atoms with Crippen LogP contribution in [0.3, 0.4) is 0 Å². The van der Waals surface area contributed by atoms with Crippen LogP contribution < -0.4 is 0 Å². The number of carbonyl (C=O) groups excluding carboxylic acids is 1. The minimum atomic E-state index is -0.604. The Morgan fingerprint density at radius 2 is 2.30 bits per heavy atom. The first-order valence-corrected chi connectivity index (χ1v) is 3.69. The van der Waals surface area contributed by atoms with Gasteiger partial charge in [0, 0.05) is 13.0 Å². The molecule has 0 aromatic heterocycles. The summed E-state index contributed by atoms with van der Waals surface area (Å²) in [4.78, 5) is 12.5. The Bertz CT molecular complexity index is 138. The number of carbonyl (C=O) groups is 1. The summed E-state index contributed by atoms with van der Waals surface area (Å²) in [7, 11) is -0.604. The van der Waals surface area contributed by atoms with Gasteiger partial charge in [-0.25, -0.2) is 0 Å². The predicted octanol–water partition coefficient (Wildman–Crippen LogP) is 0.109. The molecule has 3 nitrogen and oxygen atoms in total. The number of rotatable bonds is 1. The number of piperidine rings is 1. The van der Waals surface area contributed by atoms with Crippen molar-refractivity contribution in [3.05, 3.63) is 0 Å². The molecule has 0 unspecified atom stereocenters. The lowest BCUT2D eigenvalue weighted by atomic mass is 9.82. The molecule has 0 atom stereocenters. The standard InChI is InChI=1S/C6H12BNO2/c1-7(10)8-5-3-2-4-6(8)9/h10H,2-5H2,1H3. The summed E-state index contributed by atoms with van der Waals surface area (Å²) in [6.07, 6.45) is 2.60. The first-order chi connectivity index (χ1) is 4.72. The van der Waals surface area contributed by atoms with E-state index in [1.54, 1.807) is 6.82 Å². The van der Waals surface area contributed by atoms with Gasteiger partial charge >= 0.3 is 7.05 Å². The molecule has 10 heavy (non-hydrogen) atoms. The summed E-state index contributed by atoms with van der Waals surface area (Å²) >= 11 is 0. The first kappa shape index (κ1) is 7.60. The van der Waals surface area contributed by atoms with E-state index in [9.17, 15) is 4.79 Å². The lowest BCUT2D eigenvalue weighted by Gasteiger charge is -2.27. The highest BCUT2D eigenvalue weighted by atomic mass is 16.2. The molecule has 1 fully saturated rings. The van der Waals surface area contributed by atoms with Crippen LogP contribution in [0.15, 0.2) is 0 Å². The molecule has 1 amide bonds. The average Bonchev–Trinajstić information content (AvgIpc) is 1.88. The van der Waals surface area contributed by atoms with Gasteiger partial charge in [0.25, 0.3) is 0 Å². The van der Waals surface area contributed by atoms with Crippen molar-refractivity contribution in [1.82, 2.24) is 4.81 Å². The van der Waals surface area contributed by atoms with Crippen molar-refractivity contribution in [2.75, 3.05) is 6.54 Å². The molecular weight excluding hydrogens is 129 g/mol. The molecule has 1 aliphatic heterocycles. The van der Waals surface area contributed by atoms with Gasteiger partial charge in [-0.05, 0) is 19.7 Å². The highest BCUT2D eigenvalue weighted by molar-refractivity contribution is 6.48. The molecule has 0 saturated carbocycles. The maximum absolute atomic E-state index is 11.0. The molecule has 1 saturated heterocycles. The van der Waals surface area contributed by atoms with E-state index in [2.05, 4.69) is 0 Å². The minimum Gasteiger partial charge on any atom is -0.432 e. The Balaban J connectivity index is 2.48. The largest absolute Gasteiger partial charge is 0.432 e. The first-order valence-electron chi connectivity index (χ1n) is 3.69. The average molecular weight is 141 g/mol. The molecule has 1 aliphatic rings. The molecule has 0 aliphatic carbocycles. The van der Waals surface area contributed by atoms with Gasteiger partial charge in [0.05, 0.1) is 0 Å². The van der Waals surface area contributed by atoms with E-state index in [0.717, 1.165) is 19.4 Å². The van der Waals surface area contributed by atoms with E-state index < -0.39 is 7.05 Å². The Labute approximate surface area is 61.2 Å². The number of hydrogen-bond acceptors (Lipinski definition) is 2. The van der Waals surface area contributed by atoms with Crippen LogP contribution in [0.1, 0.15) is 19.3 Å². The smallest absolute Gasteiger partial charge is 0.411 e. The van der Waals surface area contributed by atoms with E-state index in [1.807, 2.05) is 0 Å². The maximum atomic E-state index is 11.0. The van der Waals surface area contributed by atoms with Gasteiger partial charge in [0.15, 0.2) is 0 Å². The van der Waals surface area contributed by atoms with Gasteiger partial charge in [0.1, 0.15) is 0 Å². The van der Waals surface area contributed by atoms with E-state index in [-0.39, 0.29) is 5.91 Å². The lowest BCUT2D eigenvalue weighted by molar-refractivity contribution is -0.129. The summed E-state index contributed by atoms with van der Waals surface area (Å²) in [5.74, 6) is 0.0845. The third-order valence-electron chi connectivity index (χ3n) is 1.81. The van der Waals surface area contributed by atoms with Crippen molar-refractivity contribution in [2.24, 2.45) is 0 Å². The molecule has 0 aromatic rings. The van der Waals surface area contributed by atoms with Gasteiger partial charge in [-0.2, -0.15) is 0 Å². The molecule has 56 valence electrons. The molecule has 1 rings (SSSR count). The van der Waals surface area contributed by atoms with Crippen LogP contribution in [-0.2, 0) is 4.79 Å². The molecule has 0 radical (unpaired) electrons. The summed E-state index contributed by atoms with van der Waals surface area (Å²) in [6, 6.07) is 0. The van der Waals surface area contributed by atoms with Crippen LogP contribution in [0.5, 0.6) is 0 Å². The highest BCUT2D eigenvalue weighted by Gasteiger charge is 2.24. The molecule has 0 spiro atoms. The number of hydrogen-bond donors (Lipinski definition) is 1. The van der Waals surface area contributed by atoms with Gasteiger partial charge in [0.2, 0.25) is 5.91 Å². The monoisotopic (exact) mass is 141 g/mol. The molecular formula is C6H12BNO2. The Hall–Kier alpha value is -0.505. The molecule has 0 aromatic carbocycles. The van der Waals surface area contributed by atoms with Crippen molar-refractivity contribution < 1.29 is 9.82 Å². The van der Waals surface area contributed by atoms with Gasteiger partial charge in [-0.1, -0.05) is 0 Å². The van der Waals surface area contributed by atoms with Crippen molar-refractivity contribution in [2.45, 2.75) is 26.1 Å². The van der Waals surface area contributed by atoms with E-state index in [4.69, 9.17) is 5.02 Å². The summed E-state index contributed by atoms with van der Waals surface area (Å²) < 4.78 is 0. The van der Waals surface area contributed by atoms with Crippen molar-refractivity contribution in [3.8, 4) is 0 Å². The Morgan fingerprint density at radius 3 is 2.70 bits per heavy atom. The molecule has 0 bridgehead atoms. The minimum absolute atomic E-state index is 0.0845. The van der Waals surface area contributed by atoms with Crippen molar-refractivity contribution in [1.29, 1.82) is 0 Å². The second-order valence-corrected chi connectivity index (χ2v) is 2.68. The second-order valence-electron chi connectivity index (χ2n) is 2.68. The fourth-order valence-electron chi connectivity index (χ4n) is 1.22. The van der Waals surface area contributed by atoms with Crippen molar-refractivity contribution in [3.63, 3.8) is 0 Å². The third kappa shape index (κ3) is 1.50. The number of amides is 1. The van der Waals surface area contributed by atoms with Crippen LogP contribution in [-0.4, -0.2) is 29.3 Å². The quantitative estimate of drug-likeness (QED) is 0.526. The van der Waals surface area contributed by atoms with Crippen LogP contribution in [0.4, 0.5) is 0 Å². The van der Waals surface area contributed by atoms with Gasteiger partial charge < -0.3 is 9.83 Å². The molecule has 1 N–H and O–H groups in total. The topological polar surface area (TPSA) is 40.5 Å². The zero-order valence-corrected chi connectivity index (χ0v) is 6.21. The number of nitrogens with zero attached hydrogens (tertiary/aromatic N) is 1. The van der Waals surface area contributed by atoms with Gasteiger partial charge in [-0.15, -0.1) is 0 Å². The molecule has 4 heteroatoms. The molecule has 1 heterocycles. The Morgan fingerprint density at radius 1 is 1.60 bits per heavy atom. The fourth-order valence-corrected chi connectivity index (χ4v) is 1.22. The third-order valence-corrected chi connectivity index (χ3v) is 1.81.